The van der Waals surface area contributed by atoms with Crippen LogP contribution in [-0.4, -0.2) is 26.1 Å². The Morgan fingerprint density at radius 1 is 1.21 bits per heavy atom. The average molecular weight is 395 g/mol. The van der Waals surface area contributed by atoms with Gasteiger partial charge in [-0.25, -0.2) is 0 Å². The number of nitrogens with zero attached hydrogens (tertiary/aromatic N) is 5. The Morgan fingerprint density at radius 3 is 2.61 bits per heavy atom. The maximum atomic E-state index is 12.6. The molecule has 0 atom stereocenters. The number of nitriles is 1. The fourth-order valence-corrected chi connectivity index (χ4v) is 2.80. The number of rotatable bonds is 6. The number of aromatic nitrogens is 4. The van der Waals surface area contributed by atoms with Crippen molar-refractivity contribution in [3.63, 3.8) is 0 Å². The molecule has 1 heterocycles. The summed E-state index contributed by atoms with van der Waals surface area (Å²) in [7, 11) is 0. The van der Waals surface area contributed by atoms with E-state index in [1.807, 2.05) is 32.0 Å². The van der Waals surface area contributed by atoms with Crippen molar-refractivity contribution in [1.82, 2.24) is 25.5 Å². The van der Waals surface area contributed by atoms with Gasteiger partial charge in [-0.2, -0.15) is 10.1 Å². The second-order valence-corrected chi connectivity index (χ2v) is 7.40. The summed E-state index contributed by atoms with van der Waals surface area (Å²) in [6.45, 7) is 4.26. The summed E-state index contributed by atoms with van der Waals surface area (Å²) < 4.78 is 0. The van der Waals surface area contributed by atoms with Crippen molar-refractivity contribution < 1.29 is 4.79 Å². The van der Waals surface area contributed by atoms with Crippen molar-refractivity contribution in [1.29, 1.82) is 5.26 Å². The predicted octanol–water partition coefficient (Wildman–Crippen LogP) is 3.21. The van der Waals surface area contributed by atoms with Gasteiger partial charge in [0.15, 0.2) is 0 Å². The molecule has 2 aromatic carbocycles. The topological polar surface area (TPSA) is 96.5 Å². The number of carbonyl (C=O) groups is 1. The molecule has 0 fully saturated rings. The first-order valence-electron chi connectivity index (χ1n) is 8.69. The van der Waals surface area contributed by atoms with Crippen LogP contribution in [0.2, 0.25) is 5.02 Å². The molecule has 0 spiro atoms. The molecule has 0 saturated carbocycles. The van der Waals surface area contributed by atoms with Gasteiger partial charge in [-0.05, 0) is 55.0 Å². The maximum absolute atomic E-state index is 12.6. The van der Waals surface area contributed by atoms with Gasteiger partial charge in [-0.1, -0.05) is 29.8 Å². The van der Waals surface area contributed by atoms with Crippen LogP contribution in [0.15, 0.2) is 48.5 Å². The number of carbonyl (C=O) groups excluding carboxylic acids is 1. The van der Waals surface area contributed by atoms with Crippen LogP contribution >= 0.6 is 11.6 Å². The normalized spacial score (nSPS) is 11.1. The second-order valence-electron chi connectivity index (χ2n) is 6.99. The molecule has 1 aromatic heterocycles. The molecular formula is C20H19ClN6O. The smallest absolute Gasteiger partial charge is 0.227 e. The van der Waals surface area contributed by atoms with E-state index in [1.165, 1.54) is 4.80 Å². The lowest BCUT2D eigenvalue weighted by Gasteiger charge is -2.22. The molecule has 8 heteroatoms. The molecule has 0 bridgehead atoms. The molecule has 0 aliphatic heterocycles. The highest BCUT2D eigenvalue weighted by Gasteiger charge is 2.29. The Hall–Kier alpha value is -3.24. The monoisotopic (exact) mass is 394 g/mol. The summed E-state index contributed by atoms with van der Waals surface area (Å²) in [5, 5.41) is 24.8. The van der Waals surface area contributed by atoms with Crippen LogP contribution in [0, 0.1) is 16.7 Å². The van der Waals surface area contributed by atoms with Gasteiger partial charge in [0.25, 0.3) is 0 Å². The maximum Gasteiger partial charge on any atom is 0.227 e. The highest BCUT2D eigenvalue weighted by atomic mass is 35.5. The van der Waals surface area contributed by atoms with E-state index >= 15 is 0 Å². The van der Waals surface area contributed by atoms with Crippen molar-refractivity contribution in [2.75, 3.05) is 0 Å². The van der Waals surface area contributed by atoms with Crippen molar-refractivity contribution in [2.45, 2.75) is 26.9 Å². The third-order valence-corrected chi connectivity index (χ3v) is 4.64. The third kappa shape index (κ3) is 4.53. The molecule has 0 aliphatic carbocycles. The Morgan fingerprint density at radius 2 is 1.93 bits per heavy atom. The number of halogens is 1. The van der Waals surface area contributed by atoms with E-state index in [1.54, 1.807) is 30.3 Å². The molecule has 1 N–H and O–H groups in total. The van der Waals surface area contributed by atoms with Crippen molar-refractivity contribution >= 4 is 17.5 Å². The van der Waals surface area contributed by atoms with Crippen molar-refractivity contribution in [3.05, 3.63) is 64.7 Å². The molecule has 0 radical (unpaired) electrons. The van der Waals surface area contributed by atoms with Gasteiger partial charge in [-0.15, -0.1) is 10.2 Å². The summed E-state index contributed by atoms with van der Waals surface area (Å²) in [4.78, 5) is 14.0. The number of amides is 1. The van der Waals surface area contributed by atoms with Crippen LogP contribution in [0.5, 0.6) is 0 Å². The highest BCUT2D eigenvalue weighted by Crippen LogP contribution is 2.20. The van der Waals surface area contributed by atoms with Gasteiger partial charge in [0.1, 0.15) is 0 Å². The van der Waals surface area contributed by atoms with Crippen molar-refractivity contribution in [2.24, 2.45) is 5.41 Å². The van der Waals surface area contributed by atoms with Crippen LogP contribution in [0.4, 0.5) is 0 Å². The molecule has 0 unspecified atom stereocenters. The van der Waals surface area contributed by atoms with E-state index in [9.17, 15) is 4.79 Å². The quantitative estimate of drug-likeness (QED) is 0.692. The molecular weight excluding hydrogens is 376 g/mol. The fourth-order valence-electron chi connectivity index (χ4n) is 2.60. The summed E-state index contributed by atoms with van der Waals surface area (Å²) in [5.41, 5.74) is 1.43. The van der Waals surface area contributed by atoms with E-state index in [0.717, 1.165) is 11.1 Å². The number of benzene rings is 2. The average Bonchev–Trinajstić information content (AvgIpc) is 3.15. The van der Waals surface area contributed by atoms with E-state index in [2.05, 4.69) is 26.8 Å². The lowest BCUT2D eigenvalue weighted by molar-refractivity contribution is -0.130. The molecule has 0 saturated heterocycles. The molecule has 7 nitrogen and oxygen atoms in total. The Bertz CT molecular complexity index is 1020. The zero-order valence-corrected chi connectivity index (χ0v) is 16.3. The van der Waals surface area contributed by atoms with E-state index < -0.39 is 5.41 Å². The Kier molecular flexibility index (Phi) is 5.71. The molecule has 3 rings (SSSR count). The van der Waals surface area contributed by atoms with E-state index in [0.29, 0.717) is 23.0 Å². The first-order valence-corrected chi connectivity index (χ1v) is 9.07. The first kappa shape index (κ1) is 19.5. The summed E-state index contributed by atoms with van der Waals surface area (Å²) in [6.07, 6.45) is 0. The molecule has 28 heavy (non-hydrogen) atoms. The second kappa shape index (κ2) is 8.19. The molecule has 0 aliphatic rings. The number of tetrazole rings is 1. The zero-order chi connectivity index (χ0) is 20.1. The van der Waals surface area contributed by atoms with Gasteiger partial charge in [0.2, 0.25) is 11.7 Å². The lowest BCUT2D eigenvalue weighted by atomic mass is 9.92. The lowest BCUT2D eigenvalue weighted by Crippen LogP contribution is -2.39. The van der Waals surface area contributed by atoms with Crippen molar-refractivity contribution in [3.8, 4) is 17.5 Å². The van der Waals surface area contributed by atoms with E-state index in [4.69, 9.17) is 16.9 Å². The first-order chi connectivity index (χ1) is 13.4. The van der Waals surface area contributed by atoms with Gasteiger partial charge < -0.3 is 5.32 Å². The molecule has 1 amide bonds. The third-order valence-electron chi connectivity index (χ3n) is 4.27. The van der Waals surface area contributed by atoms with Gasteiger partial charge in [0.05, 0.1) is 23.6 Å². The van der Waals surface area contributed by atoms with Crippen LogP contribution in [0.3, 0.4) is 0 Å². The van der Waals surface area contributed by atoms with Crippen LogP contribution < -0.4 is 5.32 Å². The predicted molar refractivity (Wildman–Crippen MR) is 105 cm³/mol. The molecule has 3 aromatic rings. The standard InChI is InChI=1S/C20H19ClN6O/c1-20(2,19(28)23-12-16-5-3-4-6-17(16)21)13-27-25-18(24-26-27)15-9-7-14(11-22)8-10-15/h3-10H,12-13H2,1-2H3,(H,23,28). The van der Waals surface area contributed by atoms with Crippen LogP contribution in [0.1, 0.15) is 25.0 Å². The number of hydrogen-bond donors (Lipinski definition) is 1. The zero-order valence-electron chi connectivity index (χ0n) is 15.6. The van der Waals surface area contributed by atoms with Gasteiger partial charge >= 0.3 is 0 Å². The number of hydrogen-bond acceptors (Lipinski definition) is 5. The number of nitrogens with one attached hydrogen (secondary N) is 1. The molecule has 142 valence electrons. The minimum absolute atomic E-state index is 0.135. The van der Waals surface area contributed by atoms with E-state index in [-0.39, 0.29) is 12.5 Å². The van der Waals surface area contributed by atoms with Gasteiger partial charge in [0, 0.05) is 17.1 Å². The minimum atomic E-state index is -0.746. The summed E-state index contributed by atoms with van der Waals surface area (Å²) in [6, 6.07) is 16.4. The largest absolute Gasteiger partial charge is 0.351 e. The minimum Gasteiger partial charge on any atom is -0.351 e. The van der Waals surface area contributed by atoms with Gasteiger partial charge in [-0.3, -0.25) is 4.79 Å². The summed E-state index contributed by atoms with van der Waals surface area (Å²) >= 11 is 6.13. The van der Waals surface area contributed by atoms with Crippen LogP contribution in [0.25, 0.3) is 11.4 Å². The highest BCUT2D eigenvalue weighted by molar-refractivity contribution is 6.31. The van der Waals surface area contributed by atoms with Crippen LogP contribution in [-0.2, 0) is 17.9 Å². The summed E-state index contributed by atoms with van der Waals surface area (Å²) in [5.74, 6) is 0.307. The SMILES string of the molecule is CC(C)(Cn1nnc(-c2ccc(C#N)cc2)n1)C(=O)NCc1ccccc1Cl. The fraction of sp³-hybridized carbons (Fsp3) is 0.250. The Balaban J connectivity index is 1.65. The Labute approximate surface area is 167 Å².